The first-order valence-electron chi connectivity index (χ1n) is 10.7. The van der Waals surface area contributed by atoms with E-state index in [0.717, 1.165) is 21.2 Å². The van der Waals surface area contributed by atoms with Gasteiger partial charge in [0, 0.05) is 22.8 Å². The van der Waals surface area contributed by atoms with E-state index >= 15 is 0 Å². The van der Waals surface area contributed by atoms with E-state index in [1.54, 1.807) is 40.3 Å². The third kappa shape index (κ3) is 6.15. The van der Waals surface area contributed by atoms with Crippen molar-refractivity contribution < 1.29 is 23.8 Å². The van der Waals surface area contributed by atoms with Gasteiger partial charge in [-0.1, -0.05) is 45.9 Å². The lowest BCUT2D eigenvalue weighted by Gasteiger charge is -2.14. The minimum Gasteiger partial charge on any atom is -0.493 e. The molecule has 2 N–H and O–H groups in total. The molecule has 0 bridgehead atoms. The predicted octanol–water partition coefficient (Wildman–Crippen LogP) is 5.44. The van der Waals surface area contributed by atoms with Crippen molar-refractivity contribution in [3.63, 3.8) is 0 Å². The molecule has 1 atom stereocenters. The van der Waals surface area contributed by atoms with Crippen molar-refractivity contribution in [2.75, 3.05) is 20.8 Å². The Morgan fingerprint density at radius 2 is 1.79 bits per heavy atom. The topological polar surface area (TPSA) is 89.7 Å². The van der Waals surface area contributed by atoms with E-state index in [0.29, 0.717) is 28.6 Å². The number of thioether (sulfide) groups is 1. The highest BCUT2D eigenvalue weighted by Crippen LogP contribution is 2.35. The number of aromatic nitrogens is 1. The summed E-state index contributed by atoms with van der Waals surface area (Å²) in [6.45, 7) is 4.16. The number of esters is 1. The molecule has 0 saturated carbocycles. The largest absolute Gasteiger partial charge is 0.493 e. The molecule has 0 aliphatic rings. The van der Waals surface area contributed by atoms with E-state index in [-0.39, 0.29) is 12.5 Å². The summed E-state index contributed by atoms with van der Waals surface area (Å²) in [4.78, 5) is 28.7. The molecule has 34 heavy (non-hydrogen) atoms. The van der Waals surface area contributed by atoms with Gasteiger partial charge in [-0.05, 0) is 49.2 Å². The van der Waals surface area contributed by atoms with Crippen LogP contribution in [0.3, 0.4) is 0 Å². The lowest BCUT2D eigenvalue weighted by Crippen LogP contribution is -2.30. The highest BCUT2D eigenvalue weighted by molar-refractivity contribution is 9.10. The van der Waals surface area contributed by atoms with Crippen LogP contribution in [-0.2, 0) is 16.1 Å². The molecule has 1 heterocycles. The van der Waals surface area contributed by atoms with Crippen LogP contribution in [0, 0.1) is 0 Å². The first-order chi connectivity index (χ1) is 16.4. The highest BCUT2D eigenvalue weighted by atomic mass is 79.9. The lowest BCUT2D eigenvalue weighted by atomic mass is 10.1. The molecule has 0 unspecified atom stereocenters. The van der Waals surface area contributed by atoms with Gasteiger partial charge in [0.15, 0.2) is 11.5 Å². The molecule has 180 valence electrons. The van der Waals surface area contributed by atoms with Crippen LogP contribution in [0.15, 0.2) is 58.2 Å². The second-order valence-corrected chi connectivity index (χ2v) is 9.57. The van der Waals surface area contributed by atoms with Gasteiger partial charge in [0.2, 0.25) is 5.91 Å². The van der Waals surface area contributed by atoms with Gasteiger partial charge in [0.05, 0.1) is 36.7 Å². The van der Waals surface area contributed by atoms with Gasteiger partial charge in [-0.3, -0.25) is 4.79 Å². The fraction of sp³-hybridized carbons (Fsp3) is 0.280. The Morgan fingerprint density at radius 1 is 1.09 bits per heavy atom. The number of nitrogens with one attached hydrogen (secondary N) is 2. The van der Waals surface area contributed by atoms with E-state index in [1.807, 2.05) is 36.4 Å². The highest BCUT2D eigenvalue weighted by Gasteiger charge is 2.25. The number of H-pyrrole nitrogens is 1. The lowest BCUT2D eigenvalue weighted by molar-refractivity contribution is -0.120. The zero-order valence-electron chi connectivity index (χ0n) is 19.4. The number of aromatic amines is 1. The molecule has 0 aliphatic carbocycles. The van der Waals surface area contributed by atoms with Crippen molar-refractivity contribution in [3.05, 3.63) is 64.3 Å². The van der Waals surface area contributed by atoms with E-state index in [4.69, 9.17) is 14.2 Å². The monoisotopic (exact) mass is 546 g/mol. The first kappa shape index (κ1) is 25.7. The van der Waals surface area contributed by atoms with Gasteiger partial charge in [0.25, 0.3) is 0 Å². The SMILES string of the molecule is CCOC(=O)c1c(-c2ccc(Br)cc2)c[nH]c1S[C@@H](C)C(=O)NCc1ccc(OC)c(OC)c1. The number of ether oxygens (including phenoxy) is 3. The zero-order valence-corrected chi connectivity index (χ0v) is 21.8. The summed E-state index contributed by atoms with van der Waals surface area (Å²) in [7, 11) is 3.14. The van der Waals surface area contributed by atoms with E-state index in [1.165, 1.54) is 11.8 Å². The zero-order chi connectivity index (χ0) is 24.7. The number of benzene rings is 2. The summed E-state index contributed by atoms with van der Waals surface area (Å²) in [5, 5.41) is 3.07. The number of hydrogen-bond donors (Lipinski definition) is 2. The standard InChI is InChI=1S/C25H27BrN2O5S/c1-5-33-25(30)22-19(17-7-9-18(26)10-8-17)14-28-24(22)34-15(2)23(29)27-13-16-6-11-20(31-3)21(12-16)32-4/h6-12,14-15,28H,5,13H2,1-4H3,(H,27,29)/t15-/m0/s1. The minimum absolute atomic E-state index is 0.158. The van der Waals surface area contributed by atoms with E-state index in [9.17, 15) is 9.59 Å². The molecule has 3 aromatic rings. The average Bonchev–Trinajstić information content (AvgIpc) is 3.26. The Balaban J connectivity index is 1.74. The summed E-state index contributed by atoms with van der Waals surface area (Å²) < 4.78 is 16.8. The summed E-state index contributed by atoms with van der Waals surface area (Å²) in [5.74, 6) is 0.639. The van der Waals surface area contributed by atoms with Gasteiger partial charge in [-0.25, -0.2) is 4.79 Å². The van der Waals surface area contributed by atoms with Crippen molar-refractivity contribution >= 4 is 39.6 Å². The van der Waals surface area contributed by atoms with E-state index in [2.05, 4.69) is 26.2 Å². The molecule has 9 heteroatoms. The maximum Gasteiger partial charge on any atom is 0.341 e. The molecule has 2 aromatic carbocycles. The van der Waals surface area contributed by atoms with Crippen LogP contribution in [0.5, 0.6) is 11.5 Å². The third-order valence-electron chi connectivity index (χ3n) is 5.06. The Kier molecular flexibility index (Phi) is 9.06. The maximum absolute atomic E-state index is 12.8. The van der Waals surface area contributed by atoms with E-state index < -0.39 is 11.2 Å². The predicted molar refractivity (Wildman–Crippen MR) is 137 cm³/mol. The second kappa shape index (κ2) is 12.0. The number of rotatable bonds is 10. The summed E-state index contributed by atoms with van der Waals surface area (Å²) in [6, 6.07) is 13.2. The number of hydrogen-bond acceptors (Lipinski definition) is 6. The number of halogens is 1. The van der Waals surface area contributed by atoms with Crippen molar-refractivity contribution in [1.29, 1.82) is 0 Å². The first-order valence-corrected chi connectivity index (χ1v) is 12.3. The Bertz CT molecular complexity index is 1150. The van der Waals surface area contributed by atoms with Crippen molar-refractivity contribution in [1.82, 2.24) is 10.3 Å². The van der Waals surface area contributed by atoms with Gasteiger partial charge >= 0.3 is 5.97 Å². The fourth-order valence-electron chi connectivity index (χ4n) is 3.31. The second-order valence-electron chi connectivity index (χ2n) is 7.30. The fourth-order valence-corrected chi connectivity index (χ4v) is 4.56. The van der Waals surface area contributed by atoms with Crippen LogP contribution < -0.4 is 14.8 Å². The van der Waals surface area contributed by atoms with Crippen molar-refractivity contribution in [2.45, 2.75) is 30.7 Å². The van der Waals surface area contributed by atoms with Gasteiger partial charge in [-0.2, -0.15) is 0 Å². The van der Waals surface area contributed by atoms with Crippen LogP contribution in [-0.4, -0.2) is 42.9 Å². The van der Waals surface area contributed by atoms with Gasteiger partial charge < -0.3 is 24.5 Å². The van der Waals surface area contributed by atoms with Crippen molar-refractivity contribution in [3.8, 4) is 22.6 Å². The Morgan fingerprint density at radius 3 is 2.44 bits per heavy atom. The van der Waals surface area contributed by atoms with Crippen LogP contribution in [0.4, 0.5) is 0 Å². The Labute approximate surface area is 211 Å². The molecular weight excluding hydrogens is 520 g/mol. The van der Waals surface area contributed by atoms with Crippen LogP contribution in [0.1, 0.15) is 29.8 Å². The minimum atomic E-state index is -0.454. The number of carbonyl (C=O) groups is 2. The molecule has 0 fully saturated rings. The quantitative estimate of drug-likeness (QED) is 0.260. The van der Waals surface area contributed by atoms with Crippen molar-refractivity contribution in [2.24, 2.45) is 0 Å². The number of methoxy groups -OCH3 is 2. The van der Waals surface area contributed by atoms with Crippen LogP contribution in [0.25, 0.3) is 11.1 Å². The molecule has 0 spiro atoms. The smallest absolute Gasteiger partial charge is 0.341 e. The van der Waals surface area contributed by atoms with Crippen LogP contribution >= 0.6 is 27.7 Å². The summed E-state index contributed by atoms with van der Waals surface area (Å²) >= 11 is 4.71. The molecule has 1 aromatic heterocycles. The average molecular weight is 547 g/mol. The van der Waals surface area contributed by atoms with Gasteiger partial charge in [-0.15, -0.1) is 0 Å². The number of carbonyl (C=O) groups excluding carboxylic acids is 2. The Hall–Kier alpha value is -2.91. The molecule has 0 radical (unpaired) electrons. The van der Waals surface area contributed by atoms with Crippen LogP contribution in [0.2, 0.25) is 0 Å². The molecule has 1 amide bonds. The maximum atomic E-state index is 12.8. The molecule has 0 saturated heterocycles. The normalized spacial score (nSPS) is 11.6. The molecule has 7 nitrogen and oxygen atoms in total. The molecule has 3 rings (SSSR count). The summed E-state index contributed by atoms with van der Waals surface area (Å²) in [5.41, 5.74) is 2.91. The molecular formula is C25H27BrN2O5S. The summed E-state index contributed by atoms with van der Waals surface area (Å²) in [6.07, 6.45) is 1.77. The van der Waals surface area contributed by atoms with Gasteiger partial charge in [0.1, 0.15) is 0 Å². The molecule has 0 aliphatic heterocycles. The number of amides is 1. The third-order valence-corrected chi connectivity index (χ3v) is 6.71.